The van der Waals surface area contributed by atoms with Crippen LogP contribution in [0, 0.1) is 0 Å². The lowest BCUT2D eigenvalue weighted by atomic mass is 10.2. The number of nitrogens with one attached hydrogen (secondary N) is 1. The number of rotatable bonds is 7. The smallest absolute Gasteiger partial charge is 0.316 e. The number of carbonyl (C=O) groups excluding carboxylic acids is 1. The van der Waals surface area contributed by atoms with Crippen molar-refractivity contribution in [2.45, 2.75) is 35.7 Å². The monoisotopic (exact) mass is 327 g/mol. The summed E-state index contributed by atoms with van der Waals surface area (Å²) in [6, 6.07) is 7.08. The SMILES string of the molecule is CSC(C)(C)CNC(=O)c1ccccc1SC(C)C(=O)O. The number of amides is 1. The number of carboxylic acids is 1. The first-order valence-electron chi connectivity index (χ1n) is 6.58. The minimum Gasteiger partial charge on any atom is -0.480 e. The van der Waals surface area contributed by atoms with Crippen LogP contribution < -0.4 is 5.32 Å². The Morgan fingerprint density at radius 2 is 1.95 bits per heavy atom. The normalized spacial score (nSPS) is 12.8. The molecule has 0 aliphatic carbocycles. The Morgan fingerprint density at radius 3 is 2.52 bits per heavy atom. The minimum absolute atomic E-state index is 0.0356. The van der Waals surface area contributed by atoms with E-state index in [1.54, 1.807) is 43.0 Å². The Morgan fingerprint density at radius 1 is 1.33 bits per heavy atom. The first kappa shape index (κ1) is 17.9. The largest absolute Gasteiger partial charge is 0.480 e. The Bertz CT molecular complexity index is 517. The Kier molecular flexibility index (Phi) is 6.61. The molecule has 1 rings (SSSR count). The average molecular weight is 327 g/mol. The van der Waals surface area contributed by atoms with E-state index >= 15 is 0 Å². The van der Waals surface area contributed by atoms with E-state index in [0.29, 0.717) is 17.0 Å². The molecule has 0 bridgehead atoms. The van der Waals surface area contributed by atoms with Crippen molar-refractivity contribution in [3.63, 3.8) is 0 Å². The molecule has 0 saturated heterocycles. The van der Waals surface area contributed by atoms with Gasteiger partial charge in [0.15, 0.2) is 0 Å². The van der Waals surface area contributed by atoms with Gasteiger partial charge in [0.25, 0.3) is 5.91 Å². The van der Waals surface area contributed by atoms with Gasteiger partial charge in [-0.3, -0.25) is 9.59 Å². The molecule has 6 heteroatoms. The molecule has 0 spiro atoms. The molecule has 0 heterocycles. The number of hydrogen-bond donors (Lipinski definition) is 2. The van der Waals surface area contributed by atoms with Gasteiger partial charge in [0, 0.05) is 16.2 Å². The van der Waals surface area contributed by atoms with E-state index < -0.39 is 11.2 Å². The van der Waals surface area contributed by atoms with E-state index in [-0.39, 0.29) is 10.7 Å². The lowest BCUT2D eigenvalue weighted by Gasteiger charge is -2.22. The van der Waals surface area contributed by atoms with Gasteiger partial charge in [-0.2, -0.15) is 11.8 Å². The molecule has 0 radical (unpaired) electrons. The first-order valence-corrected chi connectivity index (χ1v) is 8.69. The van der Waals surface area contributed by atoms with Crippen LogP contribution in [0.25, 0.3) is 0 Å². The molecule has 1 aromatic carbocycles. The van der Waals surface area contributed by atoms with Gasteiger partial charge in [0.05, 0.1) is 5.56 Å². The molecule has 4 nitrogen and oxygen atoms in total. The Balaban J connectivity index is 2.83. The minimum atomic E-state index is -0.890. The molecule has 2 N–H and O–H groups in total. The molecule has 0 fully saturated rings. The van der Waals surface area contributed by atoms with Crippen LogP contribution in [0.1, 0.15) is 31.1 Å². The summed E-state index contributed by atoms with van der Waals surface area (Å²) in [5, 5.41) is 11.3. The molecule has 21 heavy (non-hydrogen) atoms. The van der Waals surface area contributed by atoms with Crippen LogP contribution in [-0.2, 0) is 4.79 Å². The summed E-state index contributed by atoms with van der Waals surface area (Å²) >= 11 is 2.87. The highest BCUT2D eigenvalue weighted by Gasteiger charge is 2.20. The lowest BCUT2D eigenvalue weighted by Crippen LogP contribution is -2.36. The van der Waals surface area contributed by atoms with Crippen molar-refractivity contribution < 1.29 is 14.7 Å². The maximum Gasteiger partial charge on any atom is 0.316 e. The van der Waals surface area contributed by atoms with Gasteiger partial charge in [-0.05, 0) is 39.2 Å². The second-order valence-electron chi connectivity index (χ2n) is 5.24. The van der Waals surface area contributed by atoms with Gasteiger partial charge >= 0.3 is 5.97 Å². The van der Waals surface area contributed by atoms with Crippen molar-refractivity contribution in [2.24, 2.45) is 0 Å². The van der Waals surface area contributed by atoms with E-state index in [2.05, 4.69) is 19.2 Å². The van der Waals surface area contributed by atoms with E-state index in [1.807, 2.05) is 6.26 Å². The first-order chi connectivity index (χ1) is 9.76. The van der Waals surface area contributed by atoms with Crippen molar-refractivity contribution in [3.8, 4) is 0 Å². The number of carboxylic acid groups (broad SMARTS) is 1. The predicted molar refractivity (Wildman–Crippen MR) is 89.3 cm³/mol. The fourth-order valence-corrected chi connectivity index (χ4v) is 2.60. The molecular weight excluding hydrogens is 306 g/mol. The standard InChI is InChI=1S/C15H21NO3S2/c1-10(14(18)19)21-12-8-6-5-7-11(12)13(17)16-9-15(2,3)20-4/h5-8,10H,9H2,1-4H3,(H,16,17)(H,18,19). The Hall–Kier alpha value is -1.14. The third kappa shape index (κ3) is 5.63. The third-order valence-electron chi connectivity index (χ3n) is 3.01. The Labute approximate surface area is 134 Å². The van der Waals surface area contributed by atoms with Gasteiger partial charge in [-0.15, -0.1) is 11.8 Å². The summed E-state index contributed by atoms with van der Waals surface area (Å²) in [5.74, 6) is -1.06. The molecule has 1 atom stereocenters. The zero-order valence-electron chi connectivity index (χ0n) is 12.7. The van der Waals surface area contributed by atoms with E-state index in [9.17, 15) is 9.59 Å². The van der Waals surface area contributed by atoms with Gasteiger partial charge in [-0.1, -0.05) is 12.1 Å². The zero-order valence-corrected chi connectivity index (χ0v) is 14.3. The van der Waals surface area contributed by atoms with Crippen LogP contribution in [0.2, 0.25) is 0 Å². The number of aliphatic carboxylic acids is 1. The lowest BCUT2D eigenvalue weighted by molar-refractivity contribution is -0.136. The second-order valence-corrected chi connectivity index (χ2v) is 8.14. The molecule has 1 unspecified atom stereocenters. The van der Waals surface area contributed by atoms with Crippen molar-refractivity contribution in [2.75, 3.05) is 12.8 Å². The van der Waals surface area contributed by atoms with Gasteiger partial charge in [0.1, 0.15) is 5.25 Å². The maximum atomic E-state index is 12.3. The average Bonchev–Trinajstić information content (AvgIpc) is 2.45. The van der Waals surface area contributed by atoms with Gasteiger partial charge < -0.3 is 10.4 Å². The van der Waals surface area contributed by atoms with Crippen LogP contribution in [0.4, 0.5) is 0 Å². The summed E-state index contributed by atoms with van der Waals surface area (Å²) in [7, 11) is 0. The van der Waals surface area contributed by atoms with Crippen molar-refractivity contribution in [3.05, 3.63) is 29.8 Å². The topological polar surface area (TPSA) is 66.4 Å². The predicted octanol–water partition coefficient (Wildman–Crippen LogP) is 3.12. The fourth-order valence-electron chi connectivity index (χ4n) is 1.46. The molecule has 116 valence electrons. The highest BCUT2D eigenvalue weighted by Crippen LogP contribution is 2.27. The molecule has 0 saturated carbocycles. The second kappa shape index (κ2) is 7.75. The van der Waals surface area contributed by atoms with Crippen LogP contribution in [0.3, 0.4) is 0 Å². The molecule has 0 aliphatic heterocycles. The van der Waals surface area contributed by atoms with E-state index in [1.165, 1.54) is 11.8 Å². The molecule has 0 aliphatic rings. The zero-order chi connectivity index (χ0) is 16.0. The van der Waals surface area contributed by atoms with Crippen molar-refractivity contribution in [1.82, 2.24) is 5.32 Å². The van der Waals surface area contributed by atoms with Crippen LogP contribution in [-0.4, -0.2) is 39.8 Å². The fraction of sp³-hybridized carbons (Fsp3) is 0.467. The highest BCUT2D eigenvalue weighted by atomic mass is 32.2. The molecule has 1 amide bonds. The molecule has 0 aromatic heterocycles. The highest BCUT2D eigenvalue weighted by molar-refractivity contribution is 8.00. The van der Waals surface area contributed by atoms with E-state index in [0.717, 1.165) is 0 Å². The number of benzene rings is 1. The van der Waals surface area contributed by atoms with Crippen molar-refractivity contribution >= 4 is 35.4 Å². The van der Waals surface area contributed by atoms with E-state index in [4.69, 9.17) is 5.11 Å². The van der Waals surface area contributed by atoms with Crippen molar-refractivity contribution in [1.29, 1.82) is 0 Å². The summed E-state index contributed by atoms with van der Waals surface area (Å²) in [4.78, 5) is 23.9. The number of carbonyl (C=O) groups is 2. The number of hydrogen-bond acceptors (Lipinski definition) is 4. The number of thioether (sulfide) groups is 2. The molecule has 1 aromatic rings. The van der Waals surface area contributed by atoms with Crippen LogP contribution in [0.5, 0.6) is 0 Å². The summed E-state index contributed by atoms with van der Waals surface area (Å²) < 4.78 is -0.0356. The summed E-state index contributed by atoms with van der Waals surface area (Å²) in [5.41, 5.74) is 0.521. The quantitative estimate of drug-likeness (QED) is 0.753. The van der Waals surface area contributed by atoms with Crippen LogP contribution in [0.15, 0.2) is 29.2 Å². The summed E-state index contributed by atoms with van der Waals surface area (Å²) in [6.07, 6.45) is 2.00. The van der Waals surface area contributed by atoms with Crippen LogP contribution >= 0.6 is 23.5 Å². The summed E-state index contributed by atoms with van der Waals surface area (Å²) in [6.45, 7) is 6.29. The van der Waals surface area contributed by atoms with Gasteiger partial charge in [0.2, 0.25) is 0 Å². The maximum absolute atomic E-state index is 12.3. The third-order valence-corrected chi connectivity index (χ3v) is 5.43. The molecular formula is C15H21NO3S2. The van der Waals surface area contributed by atoms with Gasteiger partial charge in [-0.25, -0.2) is 0 Å².